The van der Waals surface area contributed by atoms with E-state index in [0.717, 1.165) is 67.4 Å². The Hall–Kier alpha value is -3.36. The van der Waals surface area contributed by atoms with Gasteiger partial charge in [0, 0.05) is 56.5 Å². The molecule has 0 bridgehead atoms. The van der Waals surface area contributed by atoms with Gasteiger partial charge in [0.25, 0.3) is 0 Å². The molecule has 2 fully saturated rings. The minimum atomic E-state index is -0.343. The third-order valence-electron chi connectivity index (χ3n) is 7.11. The first-order valence-electron chi connectivity index (χ1n) is 11.9. The highest BCUT2D eigenvalue weighted by molar-refractivity contribution is 5.93. The number of likely N-dealkylation sites (N-methyl/N-ethyl adjacent to an activating group) is 1. The van der Waals surface area contributed by atoms with E-state index in [0.29, 0.717) is 6.61 Å². The van der Waals surface area contributed by atoms with Crippen molar-refractivity contribution in [3.05, 3.63) is 59.8 Å². The number of piperazine rings is 1. The molecule has 6 rings (SSSR count). The quantitative estimate of drug-likeness (QED) is 0.592. The molecule has 3 aliphatic heterocycles. The van der Waals surface area contributed by atoms with Gasteiger partial charge in [0.05, 0.1) is 11.2 Å². The number of hydrogen-bond donors (Lipinski definition) is 0. The van der Waals surface area contributed by atoms with Crippen molar-refractivity contribution in [1.29, 1.82) is 0 Å². The first-order valence-corrected chi connectivity index (χ1v) is 11.9. The number of para-hydroxylation sites is 1. The van der Waals surface area contributed by atoms with Gasteiger partial charge in [0.2, 0.25) is 0 Å². The van der Waals surface area contributed by atoms with Crippen molar-refractivity contribution < 1.29 is 14.4 Å². The van der Waals surface area contributed by atoms with Crippen LogP contribution in [0.1, 0.15) is 11.3 Å². The molecule has 34 heavy (non-hydrogen) atoms. The summed E-state index contributed by atoms with van der Waals surface area (Å²) in [5.41, 5.74) is 5.31. The Kier molecular flexibility index (Phi) is 5.27. The molecule has 0 radical (unpaired) electrons. The number of anilines is 2. The van der Waals surface area contributed by atoms with Crippen molar-refractivity contribution in [1.82, 2.24) is 14.9 Å². The molecule has 0 N–H and O–H groups in total. The molecule has 8 heteroatoms. The van der Waals surface area contributed by atoms with Crippen molar-refractivity contribution >= 4 is 28.4 Å². The van der Waals surface area contributed by atoms with Crippen LogP contribution in [0.3, 0.4) is 0 Å². The monoisotopic (exact) mass is 459 g/mol. The summed E-state index contributed by atoms with van der Waals surface area (Å²) in [6.07, 6.45) is 0.324. The van der Waals surface area contributed by atoms with E-state index in [1.165, 1.54) is 11.1 Å². The Balaban J connectivity index is 1.12. The van der Waals surface area contributed by atoms with Crippen molar-refractivity contribution in [3.8, 4) is 5.75 Å². The van der Waals surface area contributed by atoms with Crippen LogP contribution in [0.15, 0.2) is 48.5 Å². The molecule has 4 heterocycles. The largest absolute Gasteiger partial charge is 0.487 e. The molecule has 2 saturated heterocycles. The fraction of sp³-hybridized carbons (Fsp3) is 0.385. The number of rotatable bonds is 4. The number of carbonyl (C=O) groups is 1. The van der Waals surface area contributed by atoms with Crippen LogP contribution >= 0.6 is 0 Å². The van der Waals surface area contributed by atoms with Crippen molar-refractivity contribution in [3.63, 3.8) is 0 Å². The van der Waals surface area contributed by atoms with Crippen LogP contribution in [0.25, 0.3) is 10.9 Å². The third-order valence-corrected chi connectivity index (χ3v) is 7.11. The zero-order valence-electron chi connectivity index (χ0n) is 19.6. The summed E-state index contributed by atoms with van der Waals surface area (Å²) in [6, 6.07) is 16.7. The maximum Gasteiger partial charge on any atom is 0.435 e. The topological polar surface area (TPSA) is 61.4 Å². The highest BCUT2D eigenvalue weighted by atomic mass is 16.7. The number of carbonyl (C=O) groups excluding carboxylic acids is 1. The Morgan fingerprint density at radius 1 is 1.00 bits per heavy atom. The number of hydroxylamine groups is 2. The van der Waals surface area contributed by atoms with E-state index in [1.807, 2.05) is 19.1 Å². The second-order valence-corrected chi connectivity index (χ2v) is 9.21. The van der Waals surface area contributed by atoms with Crippen molar-refractivity contribution in [2.24, 2.45) is 0 Å². The number of fused-ring (bicyclic) bond motifs is 4. The molecule has 1 amide bonds. The lowest BCUT2D eigenvalue weighted by Crippen LogP contribution is -2.47. The molecule has 1 atom stereocenters. The fourth-order valence-electron chi connectivity index (χ4n) is 5.24. The van der Waals surface area contributed by atoms with Crippen LogP contribution < -0.4 is 14.5 Å². The lowest BCUT2D eigenvalue weighted by Gasteiger charge is -2.37. The van der Waals surface area contributed by atoms with Gasteiger partial charge in [-0.05, 0) is 49.2 Å². The Bertz CT molecular complexity index is 1240. The Morgan fingerprint density at radius 2 is 1.79 bits per heavy atom. The smallest absolute Gasteiger partial charge is 0.435 e. The predicted octanol–water partition coefficient (Wildman–Crippen LogP) is 3.43. The van der Waals surface area contributed by atoms with Crippen LogP contribution in [0.4, 0.5) is 16.2 Å². The number of aryl methyl sites for hydroxylation is 1. The first kappa shape index (κ1) is 21.2. The number of aromatic nitrogens is 1. The Labute approximate surface area is 199 Å². The van der Waals surface area contributed by atoms with Gasteiger partial charge in [-0.15, -0.1) is 5.06 Å². The molecule has 3 aromatic rings. The lowest BCUT2D eigenvalue weighted by atomic mass is 10.1. The summed E-state index contributed by atoms with van der Waals surface area (Å²) in [7, 11) is 1.76. The standard InChI is InChI=1S/C26H29N5O3/c1-18-9-10-20-21(27-18)6-4-7-22(20)30-15-13-29(14-16-30)12-11-19-5-3-8-23-25(19)33-17-24-28(2)34-26(32)31(23)24/h3-10,24H,11-17H2,1-2H3. The van der Waals surface area contributed by atoms with Crippen LogP contribution in [0, 0.1) is 6.92 Å². The molecule has 1 aromatic heterocycles. The predicted molar refractivity (Wildman–Crippen MR) is 131 cm³/mol. The zero-order chi connectivity index (χ0) is 23.2. The molecular formula is C26H29N5O3. The summed E-state index contributed by atoms with van der Waals surface area (Å²) in [6.45, 7) is 7.40. The second kappa shape index (κ2) is 8.45. The number of benzene rings is 2. The molecular weight excluding hydrogens is 430 g/mol. The van der Waals surface area contributed by atoms with Crippen LogP contribution in [0.2, 0.25) is 0 Å². The maximum absolute atomic E-state index is 12.3. The molecule has 0 aliphatic carbocycles. The molecule has 3 aliphatic rings. The average Bonchev–Trinajstić information content (AvgIpc) is 3.16. The molecule has 176 valence electrons. The third kappa shape index (κ3) is 3.63. The number of nitrogens with zero attached hydrogens (tertiary/aromatic N) is 5. The van der Waals surface area contributed by atoms with E-state index in [1.54, 1.807) is 17.0 Å². The molecule has 0 spiro atoms. The van der Waals surface area contributed by atoms with Gasteiger partial charge in [-0.2, -0.15) is 0 Å². The van der Waals surface area contributed by atoms with Crippen LogP contribution in [0.5, 0.6) is 5.75 Å². The van der Waals surface area contributed by atoms with Crippen LogP contribution in [-0.2, 0) is 11.3 Å². The van der Waals surface area contributed by atoms with Crippen molar-refractivity contribution in [2.75, 3.05) is 56.2 Å². The van der Waals surface area contributed by atoms with E-state index in [2.05, 4.69) is 51.2 Å². The SMILES string of the molecule is Cc1ccc2c(N3CCN(CCc4cccc5c4OCC4N(C)OC(=O)N54)CC3)cccc2n1. The minimum absolute atomic E-state index is 0.212. The molecule has 8 nitrogen and oxygen atoms in total. The van der Waals surface area contributed by atoms with Gasteiger partial charge in [-0.25, -0.2) is 9.69 Å². The summed E-state index contributed by atoms with van der Waals surface area (Å²) in [5, 5.41) is 2.78. The van der Waals surface area contributed by atoms with E-state index >= 15 is 0 Å². The van der Waals surface area contributed by atoms with Gasteiger partial charge < -0.3 is 14.5 Å². The minimum Gasteiger partial charge on any atom is -0.487 e. The van der Waals surface area contributed by atoms with Gasteiger partial charge in [0.1, 0.15) is 12.4 Å². The average molecular weight is 460 g/mol. The maximum atomic E-state index is 12.3. The highest BCUT2D eigenvalue weighted by Crippen LogP contribution is 2.40. The van der Waals surface area contributed by atoms with E-state index in [-0.39, 0.29) is 12.3 Å². The molecule has 1 unspecified atom stereocenters. The van der Waals surface area contributed by atoms with E-state index < -0.39 is 0 Å². The summed E-state index contributed by atoms with van der Waals surface area (Å²) < 4.78 is 6.10. The van der Waals surface area contributed by atoms with Gasteiger partial charge in [-0.3, -0.25) is 9.88 Å². The van der Waals surface area contributed by atoms with Gasteiger partial charge in [0.15, 0.2) is 6.17 Å². The van der Waals surface area contributed by atoms with Crippen molar-refractivity contribution in [2.45, 2.75) is 19.5 Å². The van der Waals surface area contributed by atoms with E-state index in [4.69, 9.17) is 9.57 Å². The summed E-state index contributed by atoms with van der Waals surface area (Å²) in [5.74, 6) is 0.809. The zero-order valence-corrected chi connectivity index (χ0v) is 19.6. The number of pyridine rings is 1. The first-order chi connectivity index (χ1) is 16.6. The summed E-state index contributed by atoms with van der Waals surface area (Å²) in [4.78, 5) is 29.0. The molecule has 2 aromatic carbocycles. The number of ether oxygens (including phenoxy) is 1. The van der Waals surface area contributed by atoms with Crippen LogP contribution in [-0.4, -0.2) is 73.6 Å². The highest BCUT2D eigenvalue weighted by Gasteiger charge is 2.44. The number of amides is 1. The number of hydrogen-bond acceptors (Lipinski definition) is 7. The lowest BCUT2D eigenvalue weighted by molar-refractivity contribution is -0.0744. The molecule has 0 saturated carbocycles. The van der Waals surface area contributed by atoms with E-state index in [9.17, 15) is 4.79 Å². The normalized spacial score (nSPS) is 20.8. The van der Waals surface area contributed by atoms with Gasteiger partial charge >= 0.3 is 6.09 Å². The fourth-order valence-corrected chi connectivity index (χ4v) is 5.24. The summed E-state index contributed by atoms with van der Waals surface area (Å²) >= 11 is 0. The second-order valence-electron chi connectivity index (χ2n) is 9.21. The van der Waals surface area contributed by atoms with Gasteiger partial charge in [-0.1, -0.05) is 18.2 Å². The Morgan fingerprint density at radius 3 is 2.65 bits per heavy atom.